The number of hydrogen-bond acceptors (Lipinski definition) is 5. The second-order valence-electron chi connectivity index (χ2n) is 7.25. The molecule has 1 aliphatic rings. The maximum atomic E-state index is 12.9. The lowest BCUT2D eigenvalue weighted by molar-refractivity contribution is 0.0954. The van der Waals surface area contributed by atoms with E-state index in [1.165, 1.54) is 0 Å². The second-order valence-corrected chi connectivity index (χ2v) is 7.25. The third-order valence-corrected chi connectivity index (χ3v) is 4.54. The van der Waals surface area contributed by atoms with Crippen LogP contribution >= 0.6 is 0 Å². The van der Waals surface area contributed by atoms with Crippen molar-refractivity contribution in [2.45, 2.75) is 26.2 Å². The molecule has 2 aromatic carbocycles. The minimum Gasteiger partial charge on any atom is -0.506 e. The molecular formula is C20H16O5. The van der Waals surface area contributed by atoms with Gasteiger partial charge < -0.3 is 14.6 Å². The van der Waals surface area contributed by atoms with Crippen molar-refractivity contribution in [1.29, 1.82) is 0 Å². The summed E-state index contributed by atoms with van der Waals surface area (Å²) in [5.74, 6) is -1.34. The molecule has 1 heterocycles. The molecule has 25 heavy (non-hydrogen) atoms. The Morgan fingerprint density at radius 3 is 1.92 bits per heavy atom. The van der Waals surface area contributed by atoms with Crippen molar-refractivity contribution >= 4 is 22.3 Å². The molecule has 0 amide bonds. The van der Waals surface area contributed by atoms with E-state index in [0.29, 0.717) is 16.5 Å². The molecule has 5 nitrogen and oxygen atoms in total. The van der Waals surface area contributed by atoms with Crippen LogP contribution in [0.3, 0.4) is 0 Å². The molecule has 0 radical (unpaired) electrons. The quantitative estimate of drug-likeness (QED) is 0.475. The van der Waals surface area contributed by atoms with Crippen molar-refractivity contribution in [3.05, 3.63) is 58.5 Å². The fourth-order valence-corrected chi connectivity index (χ4v) is 3.19. The predicted molar refractivity (Wildman–Crippen MR) is 91.6 cm³/mol. The molecule has 3 aromatic rings. The number of fused-ring (bicyclic) bond motifs is 3. The summed E-state index contributed by atoms with van der Waals surface area (Å²) in [4.78, 5) is 25.8. The first-order valence-electron chi connectivity index (χ1n) is 7.92. The molecule has 0 saturated carbocycles. The van der Waals surface area contributed by atoms with Gasteiger partial charge in [-0.15, -0.1) is 0 Å². The standard InChI is InChI=1S/C20H16O5/c1-20(2,3)12-8-11-17(23)13-14(18(24)19(11)25-12)16(22)10-7-5-4-6-9(10)15(13)21/h4-8,21-22H,1-3H3. The minimum absolute atomic E-state index is 0.0904. The Kier molecular flexibility index (Phi) is 2.92. The summed E-state index contributed by atoms with van der Waals surface area (Å²) in [5, 5.41) is 21.8. The van der Waals surface area contributed by atoms with Crippen LogP contribution in [0.5, 0.6) is 11.5 Å². The van der Waals surface area contributed by atoms with E-state index in [4.69, 9.17) is 4.42 Å². The number of phenolic OH excluding ortho intramolecular Hbond substituents is 2. The smallest absolute Gasteiger partial charge is 0.233 e. The molecule has 4 rings (SSSR count). The van der Waals surface area contributed by atoms with Gasteiger partial charge in [-0.2, -0.15) is 0 Å². The molecule has 0 bridgehead atoms. The molecule has 0 aliphatic heterocycles. The highest BCUT2D eigenvalue weighted by atomic mass is 16.4. The van der Waals surface area contributed by atoms with Gasteiger partial charge in [0, 0.05) is 16.2 Å². The number of phenols is 2. The number of ketones is 2. The van der Waals surface area contributed by atoms with E-state index in [9.17, 15) is 19.8 Å². The van der Waals surface area contributed by atoms with Crippen LogP contribution < -0.4 is 0 Å². The van der Waals surface area contributed by atoms with Gasteiger partial charge in [0.15, 0.2) is 5.76 Å². The van der Waals surface area contributed by atoms with Crippen molar-refractivity contribution in [1.82, 2.24) is 0 Å². The van der Waals surface area contributed by atoms with E-state index >= 15 is 0 Å². The van der Waals surface area contributed by atoms with Gasteiger partial charge in [0.05, 0.1) is 16.7 Å². The van der Waals surface area contributed by atoms with Crippen LogP contribution in [0.25, 0.3) is 10.8 Å². The Morgan fingerprint density at radius 1 is 0.880 bits per heavy atom. The minimum atomic E-state index is -0.598. The zero-order valence-electron chi connectivity index (χ0n) is 14.0. The molecule has 126 valence electrons. The highest BCUT2D eigenvalue weighted by molar-refractivity contribution is 6.31. The average Bonchev–Trinajstić information content (AvgIpc) is 3.02. The number of carbonyl (C=O) groups excluding carboxylic acids is 2. The maximum absolute atomic E-state index is 12.9. The molecular weight excluding hydrogens is 320 g/mol. The number of carbonyl (C=O) groups is 2. The van der Waals surface area contributed by atoms with Gasteiger partial charge in [0.2, 0.25) is 11.6 Å². The highest BCUT2D eigenvalue weighted by Crippen LogP contribution is 2.45. The van der Waals surface area contributed by atoms with Gasteiger partial charge >= 0.3 is 0 Å². The van der Waals surface area contributed by atoms with Crippen LogP contribution in [0.15, 0.2) is 34.7 Å². The fraction of sp³-hybridized carbons (Fsp3) is 0.200. The topological polar surface area (TPSA) is 87.7 Å². The SMILES string of the molecule is CC(C)(C)c1cc2c(o1)C(=O)c1c(c(O)c3ccccc3c1O)C2=O. The van der Waals surface area contributed by atoms with E-state index in [1.807, 2.05) is 20.8 Å². The predicted octanol–water partition coefficient (Wildman–Crippen LogP) is 3.92. The second kappa shape index (κ2) is 4.72. The van der Waals surface area contributed by atoms with Crippen molar-refractivity contribution in [2.75, 3.05) is 0 Å². The molecule has 5 heteroatoms. The highest BCUT2D eigenvalue weighted by Gasteiger charge is 2.40. The molecule has 1 aromatic heterocycles. The molecule has 0 unspecified atom stereocenters. The zero-order chi connectivity index (χ0) is 18.1. The van der Waals surface area contributed by atoms with Gasteiger partial charge in [-0.1, -0.05) is 45.0 Å². The summed E-state index contributed by atoms with van der Waals surface area (Å²) < 4.78 is 5.65. The van der Waals surface area contributed by atoms with Gasteiger partial charge in [0.1, 0.15) is 17.3 Å². The van der Waals surface area contributed by atoms with Crippen molar-refractivity contribution in [3.63, 3.8) is 0 Å². The zero-order valence-corrected chi connectivity index (χ0v) is 14.0. The Morgan fingerprint density at radius 2 is 1.40 bits per heavy atom. The van der Waals surface area contributed by atoms with Crippen LogP contribution in [0, 0.1) is 0 Å². The number of hydrogen-bond donors (Lipinski definition) is 2. The monoisotopic (exact) mass is 336 g/mol. The Labute approximate surface area is 143 Å². The van der Waals surface area contributed by atoms with Crippen molar-refractivity contribution in [3.8, 4) is 11.5 Å². The molecule has 0 fully saturated rings. The van der Waals surface area contributed by atoms with E-state index < -0.39 is 11.6 Å². The summed E-state index contributed by atoms with van der Waals surface area (Å²) in [7, 11) is 0. The van der Waals surface area contributed by atoms with Crippen LogP contribution in [-0.2, 0) is 5.41 Å². The van der Waals surface area contributed by atoms with Crippen molar-refractivity contribution < 1.29 is 24.2 Å². The number of aromatic hydroxyl groups is 2. The summed E-state index contributed by atoms with van der Waals surface area (Å²) in [6.45, 7) is 5.72. The molecule has 0 spiro atoms. The lowest BCUT2D eigenvalue weighted by Gasteiger charge is -2.18. The lowest BCUT2D eigenvalue weighted by atomic mass is 9.84. The number of furan rings is 1. The summed E-state index contributed by atoms with van der Waals surface area (Å²) in [6.07, 6.45) is 0. The molecule has 0 saturated heterocycles. The first kappa shape index (κ1) is 15.4. The molecule has 1 aliphatic carbocycles. The van der Waals surface area contributed by atoms with Crippen LogP contribution in [0.4, 0.5) is 0 Å². The lowest BCUT2D eigenvalue weighted by Crippen LogP contribution is -2.19. The summed E-state index contributed by atoms with van der Waals surface area (Å²) >= 11 is 0. The largest absolute Gasteiger partial charge is 0.506 e. The average molecular weight is 336 g/mol. The first-order valence-corrected chi connectivity index (χ1v) is 7.92. The maximum Gasteiger partial charge on any atom is 0.233 e. The Balaban J connectivity index is 2.08. The normalized spacial score (nSPS) is 13.9. The van der Waals surface area contributed by atoms with E-state index in [2.05, 4.69) is 0 Å². The van der Waals surface area contributed by atoms with Crippen molar-refractivity contribution in [2.24, 2.45) is 0 Å². The third-order valence-electron chi connectivity index (χ3n) is 4.54. The van der Waals surface area contributed by atoms with E-state index in [0.717, 1.165) is 0 Å². The fourth-order valence-electron chi connectivity index (χ4n) is 3.19. The van der Waals surface area contributed by atoms with Gasteiger partial charge in [-0.3, -0.25) is 9.59 Å². The first-order chi connectivity index (χ1) is 11.7. The van der Waals surface area contributed by atoms with Crippen LogP contribution in [0.2, 0.25) is 0 Å². The van der Waals surface area contributed by atoms with E-state index in [-0.39, 0.29) is 39.4 Å². The Bertz CT molecular complexity index is 1000. The van der Waals surface area contributed by atoms with Crippen LogP contribution in [-0.4, -0.2) is 21.8 Å². The van der Waals surface area contributed by atoms with E-state index in [1.54, 1.807) is 30.3 Å². The van der Waals surface area contributed by atoms with Crippen LogP contribution in [0.1, 0.15) is 58.6 Å². The summed E-state index contributed by atoms with van der Waals surface area (Å²) in [6, 6.07) is 8.09. The van der Waals surface area contributed by atoms with Gasteiger partial charge in [-0.05, 0) is 6.07 Å². The number of benzene rings is 2. The van der Waals surface area contributed by atoms with Gasteiger partial charge in [0.25, 0.3) is 0 Å². The third kappa shape index (κ3) is 1.95. The number of rotatable bonds is 0. The molecule has 0 atom stereocenters. The van der Waals surface area contributed by atoms with Gasteiger partial charge in [-0.25, -0.2) is 0 Å². The summed E-state index contributed by atoms with van der Waals surface area (Å²) in [5.41, 5.74) is -0.648. The Hall–Kier alpha value is -3.08. The molecule has 2 N–H and O–H groups in total.